The summed E-state index contributed by atoms with van der Waals surface area (Å²) in [5, 5.41) is 19.7. The summed E-state index contributed by atoms with van der Waals surface area (Å²) < 4.78 is 0. The van der Waals surface area contributed by atoms with Gasteiger partial charge in [0.25, 0.3) is 5.69 Å². The lowest BCUT2D eigenvalue weighted by atomic mass is 9.99. The molecule has 4 rings (SSSR count). The summed E-state index contributed by atoms with van der Waals surface area (Å²) >= 11 is 0. The topological polar surface area (TPSA) is 114 Å². The van der Waals surface area contributed by atoms with Crippen molar-refractivity contribution in [2.75, 3.05) is 0 Å². The average molecular weight is 412 g/mol. The summed E-state index contributed by atoms with van der Waals surface area (Å²) in [6, 6.07) is 20.4. The molecule has 0 fully saturated rings. The molecule has 3 aromatic rings. The van der Waals surface area contributed by atoms with Crippen molar-refractivity contribution >= 4 is 40.0 Å². The molecule has 1 aliphatic carbocycles. The molecular weight excluding hydrogens is 396 g/mol. The second kappa shape index (κ2) is 8.19. The van der Waals surface area contributed by atoms with Crippen LogP contribution in [-0.2, 0) is 4.79 Å². The highest BCUT2D eigenvalue weighted by Crippen LogP contribution is 2.36. The molecule has 0 N–H and O–H groups in total. The van der Waals surface area contributed by atoms with Gasteiger partial charge in [-0.1, -0.05) is 30.3 Å². The van der Waals surface area contributed by atoms with E-state index < -0.39 is 22.4 Å². The number of rotatable bonds is 5. The van der Waals surface area contributed by atoms with Gasteiger partial charge in [-0.3, -0.25) is 24.7 Å². The number of carbonyl (C=O) groups is 2. The first-order valence-electron chi connectivity index (χ1n) is 9.43. The van der Waals surface area contributed by atoms with Crippen molar-refractivity contribution < 1.29 is 14.5 Å². The van der Waals surface area contributed by atoms with Crippen LogP contribution in [0.3, 0.4) is 0 Å². The zero-order valence-electron chi connectivity index (χ0n) is 16.4. The molecule has 0 saturated carbocycles. The Morgan fingerprint density at radius 1 is 0.871 bits per heavy atom. The molecule has 3 aromatic carbocycles. The van der Waals surface area contributed by atoms with Gasteiger partial charge in [-0.2, -0.15) is 10.2 Å². The van der Waals surface area contributed by atoms with Crippen LogP contribution >= 0.6 is 0 Å². The fraction of sp³-hybridized carbons (Fsp3) is 0.0870. The molecule has 1 aliphatic rings. The monoisotopic (exact) mass is 412 g/mol. The van der Waals surface area contributed by atoms with Crippen molar-refractivity contribution in [3.63, 3.8) is 0 Å². The Labute approximate surface area is 177 Å². The van der Waals surface area contributed by atoms with Crippen LogP contribution in [0.5, 0.6) is 0 Å². The molecule has 0 saturated heterocycles. The van der Waals surface area contributed by atoms with Crippen LogP contribution in [0, 0.1) is 16.0 Å². The summed E-state index contributed by atoms with van der Waals surface area (Å²) in [4.78, 5) is 40.2. The Morgan fingerprint density at radius 2 is 1.48 bits per heavy atom. The maximum absolute atomic E-state index is 12.8. The fourth-order valence-corrected chi connectivity index (χ4v) is 3.43. The van der Waals surface area contributed by atoms with Crippen molar-refractivity contribution in [2.24, 2.45) is 21.1 Å². The smallest absolute Gasteiger partial charge is 0.280 e. The zero-order valence-corrected chi connectivity index (χ0v) is 16.4. The van der Waals surface area contributed by atoms with Gasteiger partial charge in [-0.05, 0) is 43.3 Å². The first-order chi connectivity index (χ1) is 15.0. The minimum Gasteiger partial charge on any atom is -0.299 e. The highest BCUT2D eigenvalue weighted by atomic mass is 16.6. The molecule has 0 unspecified atom stereocenters. The van der Waals surface area contributed by atoms with Crippen molar-refractivity contribution in [3.05, 3.63) is 94.0 Å². The number of carbonyl (C=O) groups excluding carboxylic acids is 2. The van der Waals surface area contributed by atoms with Gasteiger partial charge in [0.2, 0.25) is 0 Å². The Hall–Kier alpha value is -4.33. The number of aliphatic imine (C=N–C) groups is 1. The Balaban J connectivity index is 1.70. The van der Waals surface area contributed by atoms with E-state index in [1.54, 1.807) is 30.3 Å². The van der Waals surface area contributed by atoms with E-state index in [1.165, 1.54) is 19.1 Å². The van der Waals surface area contributed by atoms with Crippen molar-refractivity contribution in [1.82, 2.24) is 0 Å². The lowest BCUT2D eigenvalue weighted by Crippen LogP contribution is -2.23. The van der Waals surface area contributed by atoms with Crippen LogP contribution in [-0.4, -0.2) is 22.2 Å². The predicted molar refractivity (Wildman–Crippen MR) is 115 cm³/mol. The number of hydrogen-bond acceptors (Lipinski definition) is 7. The van der Waals surface area contributed by atoms with Crippen molar-refractivity contribution in [3.8, 4) is 0 Å². The van der Waals surface area contributed by atoms with Gasteiger partial charge in [0.15, 0.2) is 5.78 Å². The van der Waals surface area contributed by atoms with Gasteiger partial charge in [-0.25, -0.2) is 0 Å². The number of fused-ring (bicyclic) bond motifs is 1. The summed E-state index contributed by atoms with van der Waals surface area (Å²) in [6.45, 7) is 1.28. The second-order valence-electron chi connectivity index (χ2n) is 6.91. The number of benzene rings is 3. The number of ketones is 2. The third-order valence-corrected chi connectivity index (χ3v) is 4.84. The van der Waals surface area contributed by atoms with Crippen molar-refractivity contribution in [1.29, 1.82) is 0 Å². The van der Waals surface area contributed by atoms with E-state index in [1.807, 2.05) is 30.3 Å². The minimum atomic E-state index is -1.16. The first kappa shape index (κ1) is 20.0. The molecule has 8 heteroatoms. The average Bonchev–Trinajstić information content (AvgIpc) is 3.05. The number of nitrogens with zero attached hydrogens (tertiary/aromatic N) is 4. The molecule has 31 heavy (non-hydrogen) atoms. The highest BCUT2D eigenvalue weighted by Gasteiger charge is 2.43. The standard InChI is InChI=1S/C23H16N4O4/c1-14(28)20-22(18-8-5-9-19(27(30)31)21(18)23(20)29)24-15-10-12-17(13-11-15)26-25-16-6-3-2-4-7-16/h2-13,20H,1H3/t20-/m0/s1. The predicted octanol–water partition coefficient (Wildman–Crippen LogP) is 5.53. The lowest BCUT2D eigenvalue weighted by Gasteiger charge is -2.06. The summed E-state index contributed by atoms with van der Waals surface area (Å²) in [7, 11) is 0. The molecule has 0 radical (unpaired) electrons. The zero-order chi connectivity index (χ0) is 22.0. The quantitative estimate of drug-likeness (QED) is 0.237. The third kappa shape index (κ3) is 3.91. The summed E-state index contributed by atoms with van der Waals surface area (Å²) in [5.74, 6) is -2.17. The van der Waals surface area contributed by atoms with Crippen LogP contribution < -0.4 is 0 Å². The number of hydrogen-bond donors (Lipinski definition) is 0. The Morgan fingerprint density at radius 3 is 2.10 bits per heavy atom. The molecule has 152 valence electrons. The van der Waals surface area contributed by atoms with Gasteiger partial charge >= 0.3 is 0 Å². The van der Waals surface area contributed by atoms with Gasteiger partial charge in [-0.15, -0.1) is 0 Å². The summed E-state index contributed by atoms with van der Waals surface area (Å²) in [6.07, 6.45) is 0. The SMILES string of the molecule is CC(=O)[C@@H]1C(=O)c2c(cccc2[N+](=O)[O-])C1=Nc1ccc(N=Nc2ccccc2)cc1. The number of nitro benzene ring substituents is 1. The van der Waals surface area contributed by atoms with E-state index in [4.69, 9.17) is 0 Å². The molecule has 1 atom stereocenters. The molecule has 0 aromatic heterocycles. The normalized spacial score (nSPS) is 16.6. The van der Waals surface area contributed by atoms with Gasteiger partial charge in [0.1, 0.15) is 17.3 Å². The first-order valence-corrected chi connectivity index (χ1v) is 9.43. The Kier molecular flexibility index (Phi) is 5.28. The van der Waals surface area contributed by atoms with E-state index in [0.717, 1.165) is 5.69 Å². The number of Topliss-reactive ketones (excluding diaryl/α,β-unsaturated/α-hetero) is 2. The second-order valence-corrected chi connectivity index (χ2v) is 6.91. The van der Waals surface area contributed by atoms with Crippen molar-refractivity contribution in [2.45, 2.75) is 6.92 Å². The summed E-state index contributed by atoms with van der Waals surface area (Å²) in [5.41, 5.74) is 1.96. The van der Waals surface area contributed by atoms with Crippen LogP contribution in [0.25, 0.3) is 0 Å². The molecule has 0 bridgehead atoms. The molecular formula is C23H16N4O4. The number of nitro groups is 1. The van der Waals surface area contributed by atoms with E-state index in [0.29, 0.717) is 16.9 Å². The maximum Gasteiger partial charge on any atom is 0.280 e. The molecule has 8 nitrogen and oxygen atoms in total. The van der Waals surface area contributed by atoms with Crippen LogP contribution in [0.2, 0.25) is 0 Å². The van der Waals surface area contributed by atoms with Gasteiger partial charge in [0, 0.05) is 11.6 Å². The number of azo groups is 1. The van der Waals surface area contributed by atoms with E-state index in [2.05, 4.69) is 15.2 Å². The van der Waals surface area contributed by atoms with Gasteiger partial charge in [0.05, 0.1) is 27.7 Å². The van der Waals surface area contributed by atoms with E-state index >= 15 is 0 Å². The minimum absolute atomic E-state index is 0.0697. The lowest BCUT2D eigenvalue weighted by molar-refractivity contribution is -0.385. The molecule has 0 amide bonds. The van der Waals surface area contributed by atoms with E-state index in [9.17, 15) is 19.7 Å². The fourth-order valence-electron chi connectivity index (χ4n) is 3.43. The highest BCUT2D eigenvalue weighted by molar-refractivity contribution is 6.38. The third-order valence-electron chi connectivity index (χ3n) is 4.84. The van der Waals surface area contributed by atoms with Gasteiger partial charge < -0.3 is 0 Å². The molecule has 0 heterocycles. The van der Waals surface area contributed by atoms with Crippen LogP contribution in [0.4, 0.5) is 22.7 Å². The maximum atomic E-state index is 12.8. The van der Waals surface area contributed by atoms with Crippen LogP contribution in [0.1, 0.15) is 22.8 Å². The molecule has 0 aliphatic heterocycles. The largest absolute Gasteiger partial charge is 0.299 e. The Bertz CT molecular complexity index is 1250. The van der Waals surface area contributed by atoms with Crippen LogP contribution in [0.15, 0.2) is 88.0 Å². The van der Waals surface area contributed by atoms with E-state index in [-0.39, 0.29) is 17.0 Å². The molecule has 0 spiro atoms.